The zero-order valence-electron chi connectivity index (χ0n) is 15.7. The summed E-state index contributed by atoms with van der Waals surface area (Å²) in [6.07, 6.45) is 5.36. The highest BCUT2D eigenvalue weighted by molar-refractivity contribution is 5.85. The third-order valence-corrected chi connectivity index (χ3v) is 3.87. The summed E-state index contributed by atoms with van der Waals surface area (Å²) in [5, 5.41) is 6.23. The molecule has 1 amide bonds. The average molecular weight is 328 g/mol. The molecule has 0 aliphatic carbocycles. The number of hydrogen-bond donors (Lipinski definition) is 3. The van der Waals surface area contributed by atoms with Crippen LogP contribution in [0.15, 0.2) is 0 Å². The number of nitrogens with one attached hydrogen (secondary N) is 2. The molecule has 0 bridgehead atoms. The minimum Gasteiger partial charge on any atom is -0.355 e. The highest BCUT2D eigenvalue weighted by Crippen LogP contribution is 2.09. The van der Waals surface area contributed by atoms with Crippen molar-refractivity contribution in [1.29, 1.82) is 0 Å². The number of nitrogens with two attached hydrogens (primary N) is 1. The quantitative estimate of drug-likeness (QED) is 0.453. The topological polar surface area (TPSA) is 84.2 Å². The fourth-order valence-electron chi connectivity index (χ4n) is 2.48. The van der Waals surface area contributed by atoms with Crippen molar-refractivity contribution in [3.8, 4) is 0 Å². The molecule has 2 unspecified atom stereocenters. The van der Waals surface area contributed by atoms with Crippen LogP contribution < -0.4 is 16.4 Å². The molecule has 23 heavy (non-hydrogen) atoms. The zero-order chi connectivity index (χ0) is 17.8. The summed E-state index contributed by atoms with van der Waals surface area (Å²) in [5.74, 6) is 0.250. The number of Topliss-reactive ketones (excluding diaryl/α,β-unsaturated/α-hetero) is 1. The molecule has 0 fully saturated rings. The van der Waals surface area contributed by atoms with Crippen LogP contribution in [0.4, 0.5) is 0 Å². The Labute approximate surface area is 142 Å². The maximum Gasteiger partial charge on any atom is 0.236 e. The van der Waals surface area contributed by atoms with Gasteiger partial charge in [-0.25, -0.2) is 0 Å². The molecule has 0 aliphatic rings. The van der Waals surface area contributed by atoms with Crippen LogP contribution >= 0.6 is 0 Å². The Morgan fingerprint density at radius 2 is 1.65 bits per heavy atom. The van der Waals surface area contributed by atoms with Crippen molar-refractivity contribution in [3.63, 3.8) is 0 Å². The fraction of sp³-hybridized carbons (Fsp3) is 0.889. The Hall–Kier alpha value is -0.940. The van der Waals surface area contributed by atoms with Crippen molar-refractivity contribution >= 4 is 11.7 Å². The normalized spacial score (nSPS) is 14.1. The van der Waals surface area contributed by atoms with E-state index in [-0.39, 0.29) is 23.7 Å². The van der Waals surface area contributed by atoms with Gasteiger partial charge in [-0.05, 0) is 25.7 Å². The Balaban J connectivity index is 4.02. The third-order valence-electron chi connectivity index (χ3n) is 3.87. The van der Waals surface area contributed by atoms with Gasteiger partial charge in [0.1, 0.15) is 0 Å². The van der Waals surface area contributed by atoms with E-state index in [1.165, 1.54) is 0 Å². The Kier molecular flexibility index (Phi) is 12.0. The van der Waals surface area contributed by atoms with E-state index in [1.54, 1.807) is 0 Å². The fourth-order valence-corrected chi connectivity index (χ4v) is 2.48. The number of unbranched alkanes of at least 4 members (excludes halogenated alkanes) is 2. The Morgan fingerprint density at radius 1 is 1.00 bits per heavy atom. The Morgan fingerprint density at radius 3 is 2.17 bits per heavy atom. The van der Waals surface area contributed by atoms with E-state index in [0.717, 1.165) is 38.5 Å². The maximum atomic E-state index is 12.2. The standard InChI is InChI=1S/C18H37N3O2/c1-6-7-10-15(19)18(23)20-12-9-8-11-16(21-14(4)5)17(22)13(2)3/h13-16,21H,6-12,19H2,1-5H3,(H,20,23). The van der Waals surface area contributed by atoms with E-state index < -0.39 is 6.04 Å². The molecule has 4 N–H and O–H groups in total. The molecule has 0 aromatic rings. The summed E-state index contributed by atoms with van der Waals surface area (Å²) >= 11 is 0. The van der Waals surface area contributed by atoms with Crippen molar-refractivity contribution in [3.05, 3.63) is 0 Å². The highest BCUT2D eigenvalue weighted by atomic mass is 16.2. The van der Waals surface area contributed by atoms with Gasteiger partial charge in [0.25, 0.3) is 0 Å². The smallest absolute Gasteiger partial charge is 0.236 e. The summed E-state index contributed by atoms with van der Waals surface area (Å²) in [5.41, 5.74) is 5.83. The van der Waals surface area contributed by atoms with Gasteiger partial charge in [0.15, 0.2) is 5.78 Å². The van der Waals surface area contributed by atoms with E-state index in [9.17, 15) is 9.59 Å². The van der Waals surface area contributed by atoms with Crippen LogP contribution in [0.25, 0.3) is 0 Å². The molecule has 0 aromatic heterocycles. The zero-order valence-corrected chi connectivity index (χ0v) is 15.7. The van der Waals surface area contributed by atoms with Gasteiger partial charge in [0.2, 0.25) is 5.91 Å². The summed E-state index contributed by atoms with van der Waals surface area (Å²) in [6, 6.07) is -0.190. The van der Waals surface area contributed by atoms with Gasteiger partial charge in [-0.2, -0.15) is 0 Å². The Bertz CT molecular complexity index is 343. The minimum atomic E-state index is -0.396. The molecule has 0 spiro atoms. The number of ketones is 1. The second kappa shape index (κ2) is 12.5. The average Bonchev–Trinajstić information content (AvgIpc) is 2.49. The van der Waals surface area contributed by atoms with Gasteiger partial charge in [-0.15, -0.1) is 0 Å². The molecule has 2 atom stereocenters. The van der Waals surface area contributed by atoms with Gasteiger partial charge < -0.3 is 16.4 Å². The maximum absolute atomic E-state index is 12.2. The minimum absolute atomic E-state index is 0.0440. The van der Waals surface area contributed by atoms with E-state index >= 15 is 0 Å². The van der Waals surface area contributed by atoms with Crippen LogP contribution in [0.3, 0.4) is 0 Å². The lowest BCUT2D eigenvalue weighted by molar-refractivity contribution is -0.124. The van der Waals surface area contributed by atoms with Crippen molar-refractivity contribution in [2.75, 3.05) is 6.54 Å². The van der Waals surface area contributed by atoms with Gasteiger partial charge in [-0.3, -0.25) is 9.59 Å². The van der Waals surface area contributed by atoms with Crippen LogP contribution in [0.5, 0.6) is 0 Å². The predicted octanol–water partition coefficient (Wildman–Crippen LogP) is 2.38. The first-order chi connectivity index (χ1) is 10.8. The lowest BCUT2D eigenvalue weighted by Crippen LogP contribution is -2.43. The van der Waals surface area contributed by atoms with Gasteiger partial charge in [0.05, 0.1) is 12.1 Å². The highest BCUT2D eigenvalue weighted by Gasteiger charge is 2.21. The number of rotatable bonds is 13. The molecule has 0 aliphatic heterocycles. The summed E-state index contributed by atoms with van der Waals surface area (Å²) in [7, 11) is 0. The van der Waals surface area contributed by atoms with Crippen molar-refractivity contribution in [1.82, 2.24) is 10.6 Å². The van der Waals surface area contributed by atoms with E-state index in [0.29, 0.717) is 12.6 Å². The first-order valence-electron chi connectivity index (χ1n) is 9.12. The van der Waals surface area contributed by atoms with Crippen LogP contribution in [0.1, 0.15) is 73.1 Å². The molecule has 0 heterocycles. The van der Waals surface area contributed by atoms with Crippen LogP contribution in [0.2, 0.25) is 0 Å². The van der Waals surface area contributed by atoms with Gasteiger partial charge in [0, 0.05) is 18.5 Å². The molecular formula is C18H37N3O2. The number of hydrogen-bond acceptors (Lipinski definition) is 4. The molecule has 5 heteroatoms. The second-order valence-corrected chi connectivity index (χ2v) is 6.97. The van der Waals surface area contributed by atoms with Crippen LogP contribution in [0, 0.1) is 5.92 Å². The first-order valence-corrected chi connectivity index (χ1v) is 9.12. The van der Waals surface area contributed by atoms with E-state index in [4.69, 9.17) is 5.73 Å². The number of amides is 1. The van der Waals surface area contributed by atoms with E-state index in [2.05, 4.69) is 31.4 Å². The van der Waals surface area contributed by atoms with Crippen LogP contribution in [-0.4, -0.2) is 36.4 Å². The number of carbonyl (C=O) groups excluding carboxylic acids is 2. The van der Waals surface area contributed by atoms with Crippen molar-refractivity contribution < 1.29 is 9.59 Å². The summed E-state index contributed by atoms with van der Waals surface area (Å²) in [6.45, 7) is 10.7. The summed E-state index contributed by atoms with van der Waals surface area (Å²) < 4.78 is 0. The molecule has 0 rings (SSSR count). The monoisotopic (exact) mass is 327 g/mol. The van der Waals surface area contributed by atoms with Gasteiger partial charge >= 0.3 is 0 Å². The molecular weight excluding hydrogens is 290 g/mol. The first kappa shape index (κ1) is 22.1. The van der Waals surface area contributed by atoms with E-state index in [1.807, 2.05) is 13.8 Å². The number of carbonyl (C=O) groups is 2. The second-order valence-electron chi connectivity index (χ2n) is 6.97. The molecule has 5 nitrogen and oxygen atoms in total. The third kappa shape index (κ3) is 10.4. The van der Waals surface area contributed by atoms with Gasteiger partial charge in [-0.1, -0.05) is 47.5 Å². The largest absolute Gasteiger partial charge is 0.355 e. The molecule has 136 valence electrons. The summed E-state index contributed by atoms with van der Waals surface area (Å²) in [4.78, 5) is 24.0. The van der Waals surface area contributed by atoms with Crippen LogP contribution in [-0.2, 0) is 9.59 Å². The lowest BCUT2D eigenvalue weighted by atomic mass is 9.96. The molecule has 0 saturated heterocycles. The molecule has 0 saturated carbocycles. The van der Waals surface area contributed by atoms with Crippen molar-refractivity contribution in [2.45, 2.75) is 91.3 Å². The predicted molar refractivity (Wildman–Crippen MR) is 96.3 cm³/mol. The lowest BCUT2D eigenvalue weighted by Gasteiger charge is -2.22. The SMILES string of the molecule is CCCCC(N)C(=O)NCCCCC(NC(C)C)C(=O)C(C)C. The molecule has 0 radical (unpaired) electrons. The molecule has 0 aromatic carbocycles. The van der Waals surface area contributed by atoms with Crippen molar-refractivity contribution in [2.24, 2.45) is 11.7 Å².